The van der Waals surface area contributed by atoms with E-state index in [4.69, 9.17) is 0 Å². The summed E-state index contributed by atoms with van der Waals surface area (Å²) in [6, 6.07) is 6.03. The Kier molecular flexibility index (Phi) is 5.03. The van der Waals surface area contributed by atoms with E-state index in [0.29, 0.717) is 12.6 Å². The molecule has 0 radical (unpaired) electrons. The Morgan fingerprint density at radius 3 is 2.59 bits per heavy atom. The molecule has 0 bridgehead atoms. The van der Waals surface area contributed by atoms with Gasteiger partial charge in [-0.25, -0.2) is 4.79 Å². The zero-order valence-electron chi connectivity index (χ0n) is 13.6. The maximum atomic E-state index is 12.1. The van der Waals surface area contributed by atoms with Crippen molar-refractivity contribution in [1.29, 1.82) is 0 Å². The number of amides is 1. The fourth-order valence-corrected chi connectivity index (χ4v) is 2.28. The van der Waals surface area contributed by atoms with Crippen molar-refractivity contribution >= 4 is 16.9 Å². The van der Waals surface area contributed by atoms with Gasteiger partial charge >= 0.3 is 5.69 Å². The van der Waals surface area contributed by atoms with Gasteiger partial charge in [-0.2, -0.15) is 0 Å². The fourth-order valence-electron chi connectivity index (χ4n) is 2.28. The standard InChI is InChI=1S/C16H24N4O2/c1-10(2)20(4)9-11(3)15(21)17-8-12-5-6-13-14(7-12)19-16(22)18-13/h5-7,10-11H,8-9H2,1-4H3,(H,17,21)(H2,18,19,22)/t11-/m0/s1. The number of nitrogens with zero attached hydrogens (tertiary/aromatic N) is 1. The van der Waals surface area contributed by atoms with Crippen molar-refractivity contribution in [3.05, 3.63) is 34.2 Å². The van der Waals surface area contributed by atoms with Crippen LogP contribution in [0.4, 0.5) is 0 Å². The lowest BCUT2D eigenvalue weighted by Gasteiger charge is -2.24. The highest BCUT2D eigenvalue weighted by Crippen LogP contribution is 2.10. The molecule has 2 rings (SSSR count). The number of carbonyl (C=O) groups excluding carboxylic acids is 1. The number of nitrogens with one attached hydrogen (secondary N) is 3. The number of carbonyl (C=O) groups is 1. The number of aromatic amines is 2. The van der Waals surface area contributed by atoms with Crippen LogP contribution in [0.2, 0.25) is 0 Å². The molecule has 0 aliphatic rings. The van der Waals surface area contributed by atoms with Crippen molar-refractivity contribution in [2.75, 3.05) is 13.6 Å². The molecule has 0 aliphatic heterocycles. The number of rotatable bonds is 6. The number of hydrogen-bond acceptors (Lipinski definition) is 3. The Morgan fingerprint density at radius 2 is 1.91 bits per heavy atom. The molecule has 1 amide bonds. The second-order valence-corrected chi connectivity index (χ2v) is 6.11. The first-order valence-corrected chi connectivity index (χ1v) is 7.55. The van der Waals surface area contributed by atoms with Crippen molar-refractivity contribution in [3.63, 3.8) is 0 Å². The molecule has 0 fully saturated rings. The SMILES string of the molecule is CC(C)N(C)C[C@H](C)C(=O)NCc1ccc2[nH]c(=O)[nH]c2c1. The lowest BCUT2D eigenvalue weighted by atomic mass is 10.1. The maximum Gasteiger partial charge on any atom is 0.323 e. The number of aromatic nitrogens is 2. The van der Waals surface area contributed by atoms with Crippen LogP contribution in [-0.4, -0.2) is 40.4 Å². The van der Waals surface area contributed by atoms with E-state index in [1.165, 1.54) is 0 Å². The first-order chi connectivity index (χ1) is 10.4. The summed E-state index contributed by atoms with van der Waals surface area (Å²) in [5, 5.41) is 2.95. The number of fused-ring (bicyclic) bond motifs is 1. The summed E-state index contributed by atoms with van der Waals surface area (Å²) in [5.74, 6) is -0.0293. The van der Waals surface area contributed by atoms with Gasteiger partial charge in [0.25, 0.3) is 0 Å². The Hall–Kier alpha value is -2.08. The second kappa shape index (κ2) is 6.79. The van der Waals surface area contributed by atoms with Crippen LogP contribution in [-0.2, 0) is 11.3 Å². The van der Waals surface area contributed by atoms with Gasteiger partial charge in [0.15, 0.2) is 0 Å². The van der Waals surface area contributed by atoms with E-state index in [-0.39, 0.29) is 17.5 Å². The molecule has 0 saturated carbocycles. The number of H-pyrrole nitrogens is 2. The minimum absolute atomic E-state index is 0.0372. The molecule has 2 aromatic rings. The van der Waals surface area contributed by atoms with E-state index >= 15 is 0 Å². The van der Waals surface area contributed by atoms with Crippen LogP contribution < -0.4 is 11.0 Å². The van der Waals surface area contributed by atoms with Gasteiger partial charge in [-0.05, 0) is 38.6 Å². The molecule has 6 heteroatoms. The topological polar surface area (TPSA) is 81.0 Å². The van der Waals surface area contributed by atoms with Crippen molar-refractivity contribution in [2.24, 2.45) is 5.92 Å². The van der Waals surface area contributed by atoms with Crippen LogP contribution in [0.1, 0.15) is 26.3 Å². The van der Waals surface area contributed by atoms with Gasteiger partial charge in [0, 0.05) is 25.0 Å². The highest BCUT2D eigenvalue weighted by atomic mass is 16.2. The molecule has 1 heterocycles. The zero-order chi connectivity index (χ0) is 16.3. The molecule has 0 aliphatic carbocycles. The summed E-state index contributed by atoms with van der Waals surface area (Å²) in [5.41, 5.74) is 2.26. The average Bonchev–Trinajstić information content (AvgIpc) is 2.83. The first-order valence-electron chi connectivity index (χ1n) is 7.55. The third kappa shape index (κ3) is 3.98. The van der Waals surface area contributed by atoms with Crippen LogP contribution in [0, 0.1) is 5.92 Å². The highest BCUT2D eigenvalue weighted by molar-refractivity contribution is 5.79. The Bertz CT molecular complexity index is 701. The molecule has 0 spiro atoms. The molecule has 3 N–H and O–H groups in total. The van der Waals surface area contributed by atoms with E-state index in [1.807, 2.05) is 32.2 Å². The Morgan fingerprint density at radius 1 is 1.23 bits per heavy atom. The Labute approximate surface area is 129 Å². The molecule has 0 saturated heterocycles. The molecule has 1 aromatic carbocycles. The average molecular weight is 304 g/mol. The smallest absolute Gasteiger partial charge is 0.323 e. The third-order valence-corrected chi connectivity index (χ3v) is 3.94. The van der Waals surface area contributed by atoms with Gasteiger partial charge in [0.2, 0.25) is 5.91 Å². The molecule has 0 unspecified atom stereocenters. The summed E-state index contributed by atoms with van der Waals surface area (Å²) >= 11 is 0. The van der Waals surface area contributed by atoms with Crippen LogP contribution in [0.3, 0.4) is 0 Å². The largest absolute Gasteiger partial charge is 0.352 e. The number of imidazole rings is 1. The fraction of sp³-hybridized carbons (Fsp3) is 0.500. The molecule has 120 valence electrons. The van der Waals surface area contributed by atoms with Crippen LogP contribution >= 0.6 is 0 Å². The number of benzene rings is 1. The summed E-state index contributed by atoms with van der Waals surface area (Å²) in [4.78, 5) is 30.9. The Balaban J connectivity index is 1.93. The van der Waals surface area contributed by atoms with Gasteiger partial charge in [0.05, 0.1) is 11.0 Å². The van der Waals surface area contributed by atoms with E-state index < -0.39 is 0 Å². The molecular weight excluding hydrogens is 280 g/mol. The summed E-state index contributed by atoms with van der Waals surface area (Å²) < 4.78 is 0. The van der Waals surface area contributed by atoms with Crippen molar-refractivity contribution in [3.8, 4) is 0 Å². The molecule has 6 nitrogen and oxygen atoms in total. The third-order valence-electron chi connectivity index (χ3n) is 3.94. The van der Waals surface area contributed by atoms with Gasteiger partial charge in [0.1, 0.15) is 0 Å². The summed E-state index contributed by atoms with van der Waals surface area (Å²) in [6.07, 6.45) is 0. The highest BCUT2D eigenvalue weighted by Gasteiger charge is 2.16. The second-order valence-electron chi connectivity index (χ2n) is 6.11. The molecule has 1 atom stereocenters. The van der Waals surface area contributed by atoms with E-state index in [2.05, 4.69) is 34.0 Å². The lowest BCUT2D eigenvalue weighted by Crippen LogP contribution is -2.38. The zero-order valence-corrected chi connectivity index (χ0v) is 13.6. The van der Waals surface area contributed by atoms with Crippen LogP contribution in [0.15, 0.2) is 23.0 Å². The van der Waals surface area contributed by atoms with Crippen molar-refractivity contribution in [2.45, 2.75) is 33.4 Å². The van der Waals surface area contributed by atoms with Crippen LogP contribution in [0.25, 0.3) is 11.0 Å². The van der Waals surface area contributed by atoms with Gasteiger partial charge < -0.3 is 20.2 Å². The van der Waals surface area contributed by atoms with E-state index in [1.54, 1.807) is 0 Å². The molecule has 1 aromatic heterocycles. The summed E-state index contributed by atoms with van der Waals surface area (Å²) in [6.45, 7) is 7.33. The maximum absolute atomic E-state index is 12.1. The monoisotopic (exact) mass is 304 g/mol. The minimum Gasteiger partial charge on any atom is -0.352 e. The van der Waals surface area contributed by atoms with Crippen LogP contribution in [0.5, 0.6) is 0 Å². The first kappa shape index (κ1) is 16.3. The number of hydrogen-bond donors (Lipinski definition) is 3. The minimum atomic E-state index is -0.221. The molecule has 22 heavy (non-hydrogen) atoms. The van der Waals surface area contributed by atoms with Gasteiger partial charge in [-0.15, -0.1) is 0 Å². The summed E-state index contributed by atoms with van der Waals surface area (Å²) in [7, 11) is 2.02. The predicted molar refractivity (Wildman–Crippen MR) is 87.7 cm³/mol. The predicted octanol–water partition coefficient (Wildman–Crippen LogP) is 1.45. The van der Waals surface area contributed by atoms with E-state index in [0.717, 1.165) is 23.1 Å². The lowest BCUT2D eigenvalue weighted by molar-refractivity contribution is -0.125. The van der Waals surface area contributed by atoms with Gasteiger partial charge in [-0.1, -0.05) is 13.0 Å². The van der Waals surface area contributed by atoms with Crippen molar-refractivity contribution < 1.29 is 4.79 Å². The normalized spacial score (nSPS) is 13.0. The van der Waals surface area contributed by atoms with E-state index in [9.17, 15) is 9.59 Å². The van der Waals surface area contributed by atoms with Gasteiger partial charge in [-0.3, -0.25) is 4.79 Å². The van der Waals surface area contributed by atoms with Crippen molar-refractivity contribution in [1.82, 2.24) is 20.2 Å². The quantitative estimate of drug-likeness (QED) is 0.755. The molecular formula is C16H24N4O2.